The third-order valence-electron chi connectivity index (χ3n) is 2.81. The van der Waals surface area contributed by atoms with Crippen LogP contribution in [0.15, 0.2) is 41.0 Å². The molecule has 0 aliphatic heterocycles. The summed E-state index contributed by atoms with van der Waals surface area (Å²) in [5.74, 6) is 0.405. The van der Waals surface area contributed by atoms with Crippen LogP contribution in [0.3, 0.4) is 0 Å². The van der Waals surface area contributed by atoms with Gasteiger partial charge in [0.15, 0.2) is 0 Å². The lowest BCUT2D eigenvalue weighted by Gasteiger charge is -2.04. The van der Waals surface area contributed by atoms with E-state index >= 15 is 0 Å². The fourth-order valence-corrected chi connectivity index (χ4v) is 3.78. The van der Waals surface area contributed by atoms with Crippen molar-refractivity contribution in [3.63, 3.8) is 0 Å². The molecular formula is C14H10ClFN2S2. The predicted molar refractivity (Wildman–Crippen MR) is 84.6 cm³/mol. The molecule has 0 spiro atoms. The van der Waals surface area contributed by atoms with Crippen molar-refractivity contribution in [2.45, 2.75) is 5.03 Å². The van der Waals surface area contributed by atoms with Gasteiger partial charge in [-0.1, -0.05) is 23.7 Å². The lowest BCUT2D eigenvalue weighted by Crippen LogP contribution is -1.88. The molecule has 0 unspecified atom stereocenters. The van der Waals surface area contributed by atoms with Gasteiger partial charge in [-0.3, -0.25) is 4.39 Å². The fourth-order valence-electron chi connectivity index (χ4n) is 1.93. The number of alkyl halides is 1. The number of nitrogens with zero attached hydrogens (tertiary/aromatic N) is 2. The van der Waals surface area contributed by atoms with Crippen molar-refractivity contribution >= 4 is 44.9 Å². The highest BCUT2D eigenvalue weighted by atomic mass is 35.5. The van der Waals surface area contributed by atoms with E-state index in [0.29, 0.717) is 10.8 Å². The van der Waals surface area contributed by atoms with Crippen molar-refractivity contribution < 1.29 is 4.39 Å². The van der Waals surface area contributed by atoms with Gasteiger partial charge in [0, 0.05) is 21.7 Å². The highest BCUT2D eigenvalue weighted by Gasteiger charge is 2.13. The summed E-state index contributed by atoms with van der Waals surface area (Å²) >= 11 is 8.91. The zero-order valence-electron chi connectivity index (χ0n) is 10.3. The number of aromatic nitrogens is 2. The van der Waals surface area contributed by atoms with E-state index in [1.165, 1.54) is 18.1 Å². The summed E-state index contributed by atoms with van der Waals surface area (Å²) in [4.78, 5) is 9.50. The van der Waals surface area contributed by atoms with Gasteiger partial charge in [0.2, 0.25) is 0 Å². The molecule has 0 N–H and O–H groups in total. The first-order valence-electron chi connectivity index (χ1n) is 5.96. The summed E-state index contributed by atoms with van der Waals surface area (Å²) in [5.41, 5.74) is 2.14. The van der Waals surface area contributed by atoms with Crippen molar-refractivity contribution in [2.75, 3.05) is 12.4 Å². The van der Waals surface area contributed by atoms with Crippen LogP contribution in [0.2, 0.25) is 5.02 Å². The van der Waals surface area contributed by atoms with Crippen LogP contribution in [0.4, 0.5) is 4.39 Å². The van der Waals surface area contributed by atoms with Crippen LogP contribution in [0, 0.1) is 0 Å². The van der Waals surface area contributed by atoms with Gasteiger partial charge in [0.1, 0.15) is 16.2 Å². The SMILES string of the molecule is FCCSc1ncnc2scc(-c3ccc(Cl)cc3)c12. The van der Waals surface area contributed by atoms with Crippen LogP contribution in [0.5, 0.6) is 0 Å². The van der Waals surface area contributed by atoms with E-state index in [-0.39, 0.29) is 6.67 Å². The summed E-state index contributed by atoms with van der Waals surface area (Å²) in [7, 11) is 0. The summed E-state index contributed by atoms with van der Waals surface area (Å²) in [6.45, 7) is -0.365. The second kappa shape index (κ2) is 6.08. The first kappa shape index (κ1) is 13.8. The smallest absolute Gasteiger partial charge is 0.128 e. The van der Waals surface area contributed by atoms with E-state index in [4.69, 9.17) is 11.6 Å². The molecule has 2 aromatic heterocycles. The average molecular weight is 325 g/mol. The third kappa shape index (κ3) is 2.66. The van der Waals surface area contributed by atoms with Crippen LogP contribution in [-0.2, 0) is 0 Å². The number of thiophene rings is 1. The van der Waals surface area contributed by atoms with Crippen molar-refractivity contribution in [1.29, 1.82) is 0 Å². The summed E-state index contributed by atoms with van der Waals surface area (Å²) < 4.78 is 12.4. The van der Waals surface area contributed by atoms with Crippen LogP contribution in [0.1, 0.15) is 0 Å². The maximum absolute atomic E-state index is 12.4. The van der Waals surface area contributed by atoms with E-state index < -0.39 is 0 Å². The highest BCUT2D eigenvalue weighted by molar-refractivity contribution is 7.99. The molecule has 0 amide bonds. The predicted octanol–water partition coefficient (Wildman–Crippen LogP) is 5.07. The zero-order chi connectivity index (χ0) is 13.9. The van der Waals surface area contributed by atoms with Crippen molar-refractivity contribution in [1.82, 2.24) is 9.97 Å². The van der Waals surface area contributed by atoms with Crippen LogP contribution in [-0.4, -0.2) is 22.4 Å². The molecule has 20 heavy (non-hydrogen) atoms. The molecule has 2 heterocycles. The van der Waals surface area contributed by atoms with E-state index in [1.54, 1.807) is 11.3 Å². The molecule has 0 bridgehead atoms. The van der Waals surface area contributed by atoms with Gasteiger partial charge in [-0.25, -0.2) is 9.97 Å². The summed E-state index contributed by atoms with van der Waals surface area (Å²) in [5, 5.41) is 4.59. The largest absolute Gasteiger partial charge is 0.250 e. The van der Waals surface area contributed by atoms with Gasteiger partial charge >= 0.3 is 0 Å². The van der Waals surface area contributed by atoms with Gasteiger partial charge < -0.3 is 0 Å². The Balaban J connectivity index is 2.13. The Morgan fingerprint density at radius 1 is 1.20 bits per heavy atom. The topological polar surface area (TPSA) is 25.8 Å². The van der Waals surface area contributed by atoms with Gasteiger partial charge in [-0.15, -0.1) is 23.1 Å². The lowest BCUT2D eigenvalue weighted by atomic mass is 10.1. The molecule has 0 saturated heterocycles. The van der Waals surface area contributed by atoms with Crippen LogP contribution < -0.4 is 0 Å². The molecule has 6 heteroatoms. The van der Waals surface area contributed by atoms with E-state index in [9.17, 15) is 4.39 Å². The third-order valence-corrected chi connectivity index (χ3v) is 4.89. The quantitative estimate of drug-likeness (QED) is 0.495. The average Bonchev–Trinajstić information content (AvgIpc) is 2.90. The normalized spacial score (nSPS) is 11.1. The standard InChI is InChI=1S/C14H10ClFN2S2/c15-10-3-1-9(2-4-10)11-7-20-14-12(11)13(17-8-18-14)19-6-5-16/h1-4,7-8H,5-6H2. The molecule has 0 radical (unpaired) electrons. The van der Waals surface area contributed by atoms with E-state index in [2.05, 4.69) is 15.3 Å². The molecule has 102 valence electrons. The Hall–Kier alpha value is -1.17. The molecule has 3 rings (SSSR count). The van der Waals surface area contributed by atoms with E-state index in [0.717, 1.165) is 26.4 Å². The minimum absolute atomic E-state index is 0.365. The van der Waals surface area contributed by atoms with Gasteiger partial charge in [-0.05, 0) is 17.7 Å². The first-order valence-corrected chi connectivity index (χ1v) is 8.21. The highest BCUT2D eigenvalue weighted by Crippen LogP contribution is 2.37. The molecule has 2 nitrogen and oxygen atoms in total. The number of halogens is 2. The number of fused-ring (bicyclic) bond motifs is 1. The lowest BCUT2D eigenvalue weighted by molar-refractivity contribution is 0.532. The Morgan fingerprint density at radius 2 is 2.00 bits per heavy atom. The molecule has 1 aromatic carbocycles. The Kier molecular flexibility index (Phi) is 4.19. The molecular weight excluding hydrogens is 315 g/mol. The van der Waals surface area contributed by atoms with Gasteiger partial charge in [-0.2, -0.15) is 0 Å². The van der Waals surface area contributed by atoms with Crippen LogP contribution in [0.25, 0.3) is 21.3 Å². The zero-order valence-corrected chi connectivity index (χ0v) is 12.7. The number of rotatable bonds is 4. The molecule has 0 saturated carbocycles. The van der Waals surface area contributed by atoms with Crippen molar-refractivity contribution in [2.24, 2.45) is 0 Å². The van der Waals surface area contributed by atoms with Crippen LogP contribution >= 0.6 is 34.7 Å². The minimum Gasteiger partial charge on any atom is -0.250 e. The maximum atomic E-state index is 12.4. The Labute approximate surface area is 129 Å². The van der Waals surface area contributed by atoms with Crippen molar-refractivity contribution in [3.05, 3.63) is 41.0 Å². The first-order chi connectivity index (χ1) is 9.79. The second-order valence-electron chi connectivity index (χ2n) is 4.05. The molecule has 0 fully saturated rings. The fraction of sp³-hybridized carbons (Fsp3) is 0.143. The molecule has 0 aliphatic carbocycles. The van der Waals surface area contributed by atoms with E-state index in [1.807, 2.05) is 24.3 Å². The minimum atomic E-state index is -0.365. The molecule has 0 aliphatic rings. The number of benzene rings is 1. The number of hydrogen-bond donors (Lipinski definition) is 0. The summed E-state index contributed by atoms with van der Waals surface area (Å²) in [6.07, 6.45) is 1.53. The van der Waals surface area contributed by atoms with Gasteiger partial charge in [0.05, 0.1) is 12.1 Å². The number of hydrogen-bond acceptors (Lipinski definition) is 4. The molecule has 0 atom stereocenters. The second-order valence-corrected chi connectivity index (χ2v) is 6.43. The molecule has 3 aromatic rings. The van der Waals surface area contributed by atoms with Gasteiger partial charge in [0.25, 0.3) is 0 Å². The maximum Gasteiger partial charge on any atom is 0.128 e. The number of thioether (sulfide) groups is 1. The van der Waals surface area contributed by atoms with Crippen molar-refractivity contribution in [3.8, 4) is 11.1 Å². The Morgan fingerprint density at radius 3 is 2.75 bits per heavy atom. The monoisotopic (exact) mass is 324 g/mol. The Bertz CT molecular complexity index is 728. The summed E-state index contributed by atoms with van der Waals surface area (Å²) in [6, 6.07) is 7.66.